The van der Waals surface area contributed by atoms with Crippen LogP contribution in [0.25, 0.3) is 0 Å². The predicted octanol–water partition coefficient (Wildman–Crippen LogP) is 4.58. The van der Waals surface area contributed by atoms with Gasteiger partial charge in [0.25, 0.3) is 5.91 Å². The Morgan fingerprint density at radius 1 is 1.15 bits per heavy atom. The van der Waals surface area contributed by atoms with Gasteiger partial charge in [0.05, 0.1) is 11.4 Å². The van der Waals surface area contributed by atoms with Gasteiger partial charge in [0, 0.05) is 47.6 Å². The second kappa shape index (κ2) is 9.92. The van der Waals surface area contributed by atoms with Crippen LogP contribution >= 0.6 is 11.6 Å². The third-order valence-electron chi connectivity index (χ3n) is 5.35. The highest BCUT2D eigenvalue weighted by atomic mass is 35.5. The van der Waals surface area contributed by atoms with E-state index in [1.54, 1.807) is 68.0 Å². The number of aliphatic imine (C=N–C) groups is 1. The van der Waals surface area contributed by atoms with Crippen LogP contribution < -0.4 is 4.90 Å². The number of carbonyl (C=O) groups is 2. The maximum atomic E-state index is 14.7. The Morgan fingerprint density at radius 2 is 1.97 bits per heavy atom. The molecular formula is C25H21ClFN3O3. The molecule has 0 spiro atoms. The minimum absolute atomic E-state index is 0.0182. The smallest absolute Gasteiger partial charge is 0.306 e. The van der Waals surface area contributed by atoms with Crippen LogP contribution in [0.3, 0.4) is 0 Å². The standard InChI is InChI=1S/C25H21ClFN3O3/c1-30-22-10-8-17(26)13-19(22)24(18-6-2-3-7-20(18)27)29-21(25(30)32)9-11-23(31)33-15-16-5-4-12-28-14-16/h2-8,10,12-14,21H,9,11,15H2,1H3/t21-/m0/s1. The van der Waals surface area contributed by atoms with Crippen molar-refractivity contribution in [1.82, 2.24) is 4.98 Å². The summed E-state index contributed by atoms with van der Waals surface area (Å²) in [6, 6.07) is 13.9. The lowest BCUT2D eigenvalue weighted by molar-refractivity contribution is -0.145. The Balaban J connectivity index is 1.60. The molecule has 3 aromatic rings. The molecule has 6 nitrogen and oxygen atoms in total. The van der Waals surface area contributed by atoms with Crippen LogP contribution in [0, 0.1) is 5.82 Å². The van der Waals surface area contributed by atoms with E-state index in [2.05, 4.69) is 9.98 Å². The number of likely N-dealkylation sites (N-methyl/N-ethyl adjacent to an activating group) is 1. The van der Waals surface area contributed by atoms with Gasteiger partial charge in [0.1, 0.15) is 18.5 Å². The predicted molar refractivity (Wildman–Crippen MR) is 124 cm³/mol. The average molecular weight is 466 g/mol. The number of esters is 1. The number of rotatable bonds is 6. The zero-order valence-electron chi connectivity index (χ0n) is 17.9. The summed E-state index contributed by atoms with van der Waals surface area (Å²) in [7, 11) is 1.63. The van der Waals surface area contributed by atoms with Crippen molar-refractivity contribution in [2.45, 2.75) is 25.5 Å². The molecule has 1 aliphatic heterocycles. The Labute approximate surface area is 195 Å². The van der Waals surface area contributed by atoms with Crippen molar-refractivity contribution < 1.29 is 18.7 Å². The number of hydrogen-bond acceptors (Lipinski definition) is 5. The van der Waals surface area contributed by atoms with Crippen molar-refractivity contribution in [2.75, 3.05) is 11.9 Å². The topological polar surface area (TPSA) is 71.9 Å². The lowest BCUT2D eigenvalue weighted by Crippen LogP contribution is -2.35. The lowest BCUT2D eigenvalue weighted by atomic mass is 9.99. The molecule has 1 amide bonds. The zero-order chi connectivity index (χ0) is 23.4. The number of halogens is 2. The minimum atomic E-state index is -0.887. The Hall–Kier alpha value is -3.58. The second-order valence-corrected chi connectivity index (χ2v) is 8.03. The molecule has 1 aliphatic rings. The van der Waals surface area contributed by atoms with Crippen LogP contribution in [-0.2, 0) is 20.9 Å². The summed E-state index contributed by atoms with van der Waals surface area (Å²) in [5.41, 5.74) is 2.45. The molecule has 1 aromatic heterocycles. The monoisotopic (exact) mass is 465 g/mol. The first-order valence-electron chi connectivity index (χ1n) is 10.4. The molecule has 8 heteroatoms. The van der Waals surface area contributed by atoms with Gasteiger partial charge in [-0.25, -0.2) is 4.39 Å². The fourth-order valence-electron chi connectivity index (χ4n) is 3.64. The molecule has 168 valence electrons. The van der Waals surface area contributed by atoms with Crippen molar-refractivity contribution >= 4 is 34.9 Å². The number of benzene rings is 2. The zero-order valence-corrected chi connectivity index (χ0v) is 18.6. The maximum absolute atomic E-state index is 14.7. The van der Waals surface area contributed by atoms with E-state index in [9.17, 15) is 14.0 Å². The normalized spacial score (nSPS) is 15.5. The molecule has 4 rings (SSSR count). The summed E-state index contributed by atoms with van der Waals surface area (Å²) in [6.07, 6.45) is 3.35. The maximum Gasteiger partial charge on any atom is 0.306 e. The number of nitrogens with zero attached hydrogens (tertiary/aromatic N) is 3. The van der Waals surface area contributed by atoms with Crippen molar-refractivity contribution in [1.29, 1.82) is 0 Å². The van der Waals surface area contributed by atoms with E-state index < -0.39 is 17.8 Å². The van der Waals surface area contributed by atoms with Crippen LogP contribution in [0.15, 0.2) is 72.0 Å². The van der Waals surface area contributed by atoms with E-state index in [1.807, 2.05) is 0 Å². The first kappa shape index (κ1) is 22.6. The molecule has 0 radical (unpaired) electrons. The van der Waals surface area contributed by atoms with Crippen LogP contribution in [-0.4, -0.2) is 35.7 Å². The third-order valence-corrected chi connectivity index (χ3v) is 5.58. The summed E-state index contributed by atoms with van der Waals surface area (Å²) in [4.78, 5) is 35.6. The summed E-state index contributed by atoms with van der Waals surface area (Å²) in [6.45, 7) is 0.0961. The molecule has 2 heterocycles. The van der Waals surface area contributed by atoms with Gasteiger partial charge in [0.2, 0.25) is 0 Å². The van der Waals surface area contributed by atoms with Crippen LogP contribution in [0.4, 0.5) is 10.1 Å². The van der Waals surface area contributed by atoms with E-state index in [0.29, 0.717) is 22.0 Å². The second-order valence-electron chi connectivity index (χ2n) is 7.59. The Morgan fingerprint density at radius 3 is 2.73 bits per heavy atom. The quantitative estimate of drug-likeness (QED) is 0.499. The van der Waals surface area contributed by atoms with Crippen molar-refractivity contribution in [2.24, 2.45) is 4.99 Å². The Bertz CT molecular complexity index is 1220. The molecule has 1 atom stereocenters. The van der Waals surface area contributed by atoms with E-state index in [1.165, 1.54) is 11.0 Å². The fraction of sp³-hybridized carbons (Fsp3) is 0.200. The SMILES string of the molecule is CN1C(=O)[C@H](CCC(=O)OCc2cccnc2)N=C(c2ccccc2F)c2cc(Cl)ccc21. The molecule has 33 heavy (non-hydrogen) atoms. The Kier molecular flexibility index (Phi) is 6.79. The number of fused-ring (bicyclic) bond motifs is 1. The van der Waals surface area contributed by atoms with E-state index in [4.69, 9.17) is 16.3 Å². The highest BCUT2D eigenvalue weighted by Crippen LogP contribution is 2.31. The number of hydrogen-bond donors (Lipinski definition) is 0. The highest BCUT2D eigenvalue weighted by molar-refractivity contribution is 6.32. The number of anilines is 1. The highest BCUT2D eigenvalue weighted by Gasteiger charge is 2.31. The summed E-state index contributed by atoms with van der Waals surface area (Å²) < 4.78 is 20.0. The van der Waals surface area contributed by atoms with E-state index >= 15 is 0 Å². The minimum Gasteiger partial charge on any atom is -0.461 e. The fourth-order valence-corrected chi connectivity index (χ4v) is 3.82. The number of benzodiazepines with no additional fused rings is 1. The molecule has 0 saturated heterocycles. The summed E-state index contributed by atoms with van der Waals surface area (Å²) in [5.74, 6) is -1.22. The largest absolute Gasteiger partial charge is 0.461 e. The molecule has 0 fully saturated rings. The van der Waals surface area contributed by atoms with Gasteiger partial charge < -0.3 is 9.64 Å². The van der Waals surface area contributed by atoms with Crippen LogP contribution in [0.1, 0.15) is 29.5 Å². The van der Waals surface area contributed by atoms with Crippen molar-refractivity contribution in [3.05, 3.63) is 94.5 Å². The molecule has 0 aliphatic carbocycles. The number of aromatic nitrogens is 1. The van der Waals surface area contributed by atoms with Gasteiger partial charge in [-0.05, 0) is 42.8 Å². The molecule has 2 aromatic carbocycles. The van der Waals surface area contributed by atoms with Crippen molar-refractivity contribution in [3.8, 4) is 0 Å². The van der Waals surface area contributed by atoms with Gasteiger partial charge in [-0.3, -0.25) is 19.6 Å². The number of carbonyl (C=O) groups excluding carboxylic acids is 2. The average Bonchev–Trinajstić information content (AvgIpc) is 2.92. The van der Waals surface area contributed by atoms with Gasteiger partial charge in [-0.2, -0.15) is 0 Å². The van der Waals surface area contributed by atoms with E-state index in [-0.39, 0.29) is 30.9 Å². The first-order chi connectivity index (χ1) is 15.9. The summed E-state index contributed by atoms with van der Waals surface area (Å²) in [5, 5.41) is 0.441. The van der Waals surface area contributed by atoms with Gasteiger partial charge in [-0.15, -0.1) is 0 Å². The van der Waals surface area contributed by atoms with Gasteiger partial charge >= 0.3 is 5.97 Å². The lowest BCUT2D eigenvalue weighted by Gasteiger charge is -2.20. The third kappa shape index (κ3) is 5.09. The molecule has 0 saturated carbocycles. The molecular weight excluding hydrogens is 445 g/mol. The molecule has 0 bridgehead atoms. The first-order valence-corrected chi connectivity index (χ1v) is 10.8. The molecule has 0 N–H and O–H groups in total. The number of pyridine rings is 1. The molecule has 0 unspecified atom stereocenters. The number of amides is 1. The van der Waals surface area contributed by atoms with Crippen LogP contribution in [0.2, 0.25) is 5.02 Å². The summed E-state index contributed by atoms with van der Waals surface area (Å²) >= 11 is 6.21. The van der Waals surface area contributed by atoms with Gasteiger partial charge in [-0.1, -0.05) is 29.8 Å². The van der Waals surface area contributed by atoms with Crippen LogP contribution in [0.5, 0.6) is 0 Å². The van der Waals surface area contributed by atoms with E-state index in [0.717, 1.165) is 5.56 Å². The van der Waals surface area contributed by atoms with Gasteiger partial charge in [0.15, 0.2) is 0 Å². The number of ether oxygens (including phenoxy) is 1. The van der Waals surface area contributed by atoms with Crippen molar-refractivity contribution in [3.63, 3.8) is 0 Å².